The molecular weight excluding hydrogens is 387 g/mol. The first-order valence-corrected chi connectivity index (χ1v) is 8.92. The molecule has 0 fully saturated rings. The maximum absolute atomic E-state index is 13.8. The van der Waals surface area contributed by atoms with Crippen molar-refractivity contribution >= 4 is 15.6 Å². The van der Waals surface area contributed by atoms with E-state index in [9.17, 15) is 40.3 Å². The van der Waals surface area contributed by atoms with E-state index < -0.39 is 49.8 Å². The Morgan fingerprint density at radius 2 is 1.96 bits per heavy atom. The number of ketones is 1. The third kappa shape index (κ3) is 3.68. The number of sulfone groups is 1. The van der Waals surface area contributed by atoms with Crippen molar-refractivity contribution in [1.82, 2.24) is 0 Å². The van der Waals surface area contributed by atoms with Crippen LogP contribution in [0, 0.1) is 0 Å². The van der Waals surface area contributed by atoms with Gasteiger partial charge in [-0.2, -0.15) is 13.2 Å². The van der Waals surface area contributed by atoms with E-state index >= 15 is 0 Å². The van der Waals surface area contributed by atoms with Crippen molar-refractivity contribution in [2.24, 2.45) is 0 Å². The standard InChI is InChI=1S/C15H15F5O5S/c1-8(21)3-2-6-25-10-4-5-11(26(23,24)15(18,19)20)12-9(10)7-14(16,17)13(12)22/h4-5,13,22H,2-3,6-7H2,1H3. The lowest BCUT2D eigenvalue weighted by Crippen LogP contribution is -2.26. The van der Waals surface area contributed by atoms with E-state index in [2.05, 4.69) is 0 Å². The zero-order chi connectivity index (χ0) is 19.9. The summed E-state index contributed by atoms with van der Waals surface area (Å²) in [5.74, 6) is -4.22. The summed E-state index contributed by atoms with van der Waals surface area (Å²) < 4.78 is 94.7. The molecule has 0 aromatic heterocycles. The minimum Gasteiger partial charge on any atom is -0.493 e. The van der Waals surface area contributed by atoms with E-state index in [4.69, 9.17) is 4.74 Å². The van der Waals surface area contributed by atoms with Gasteiger partial charge in [-0.05, 0) is 25.5 Å². The van der Waals surface area contributed by atoms with Crippen LogP contribution < -0.4 is 4.74 Å². The van der Waals surface area contributed by atoms with E-state index in [1.807, 2.05) is 0 Å². The van der Waals surface area contributed by atoms with Crippen LogP contribution in [0.1, 0.15) is 37.0 Å². The first kappa shape index (κ1) is 20.6. The first-order chi connectivity index (χ1) is 11.8. The lowest BCUT2D eigenvalue weighted by atomic mass is 10.1. The fourth-order valence-corrected chi connectivity index (χ4v) is 3.67. The highest BCUT2D eigenvalue weighted by Crippen LogP contribution is 2.50. The summed E-state index contributed by atoms with van der Waals surface area (Å²) in [7, 11) is -5.93. The van der Waals surface area contributed by atoms with Crippen LogP contribution in [0.4, 0.5) is 22.0 Å². The number of fused-ring (bicyclic) bond motifs is 1. The van der Waals surface area contributed by atoms with Gasteiger partial charge in [0.2, 0.25) is 0 Å². The smallest absolute Gasteiger partial charge is 0.493 e. The van der Waals surface area contributed by atoms with Gasteiger partial charge in [-0.25, -0.2) is 17.2 Å². The van der Waals surface area contributed by atoms with Crippen LogP contribution in [-0.2, 0) is 21.1 Å². The molecule has 0 aliphatic heterocycles. The monoisotopic (exact) mass is 402 g/mol. The van der Waals surface area contributed by atoms with Gasteiger partial charge < -0.3 is 14.6 Å². The molecule has 0 radical (unpaired) electrons. The van der Waals surface area contributed by atoms with Crippen molar-refractivity contribution in [2.45, 2.75) is 48.6 Å². The maximum atomic E-state index is 13.8. The predicted octanol–water partition coefficient (Wildman–Crippen LogP) is 2.95. The molecule has 0 bridgehead atoms. The molecular formula is C15H15F5O5S. The number of hydrogen-bond acceptors (Lipinski definition) is 5. The third-order valence-corrected chi connectivity index (χ3v) is 5.43. The molecule has 1 atom stereocenters. The minimum atomic E-state index is -5.93. The molecule has 1 aromatic rings. The van der Waals surface area contributed by atoms with Gasteiger partial charge >= 0.3 is 5.51 Å². The molecule has 11 heteroatoms. The number of aliphatic hydroxyl groups excluding tert-OH is 1. The zero-order valence-electron chi connectivity index (χ0n) is 13.4. The number of Topliss-reactive ketones (excluding diaryl/α,β-unsaturated/α-hetero) is 1. The molecule has 0 heterocycles. The summed E-state index contributed by atoms with van der Waals surface area (Å²) in [4.78, 5) is 9.44. The lowest BCUT2D eigenvalue weighted by Gasteiger charge is -2.17. The van der Waals surface area contributed by atoms with Gasteiger partial charge in [0.25, 0.3) is 15.8 Å². The maximum Gasteiger partial charge on any atom is 0.501 e. The highest BCUT2D eigenvalue weighted by Gasteiger charge is 2.55. The van der Waals surface area contributed by atoms with Crippen molar-refractivity contribution < 1.29 is 45.0 Å². The second-order valence-electron chi connectivity index (χ2n) is 5.90. The largest absolute Gasteiger partial charge is 0.501 e. The number of carbonyl (C=O) groups is 1. The van der Waals surface area contributed by atoms with Gasteiger partial charge in [-0.15, -0.1) is 0 Å². The highest BCUT2D eigenvalue weighted by atomic mass is 32.2. The van der Waals surface area contributed by atoms with Crippen LogP contribution in [0.5, 0.6) is 5.75 Å². The molecule has 2 rings (SSSR count). The highest BCUT2D eigenvalue weighted by molar-refractivity contribution is 7.92. The van der Waals surface area contributed by atoms with Crippen LogP contribution in [-0.4, -0.2) is 37.3 Å². The summed E-state index contributed by atoms with van der Waals surface area (Å²) in [6.45, 7) is 1.25. The van der Waals surface area contributed by atoms with Gasteiger partial charge in [0.05, 0.1) is 11.5 Å². The van der Waals surface area contributed by atoms with Crippen LogP contribution >= 0.6 is 0 Å². The zero-order valence-corrected chi connectivity index (χ0v) is 14.3. The third-order valence-electron chi connectivity index (χ3n) is 3.89. The van der Waals surface area contributed by atoms with Gasteiger partial charge in [-0.3, -0.25) is 0 Å². The molecule has 1 aliphatic rings. The Bertz CT molecular complexity index is 816. The van der Waals surface area contributed by atoms with E-state index in [1.54, 1.807) is 0 Å². The Morgan fingerprint density at radius 1 is 1.35 bits per heavy atom. The first-order valence-electron chi connectivity index (χ1n) is 7.44. The molecule has 1 aliphatic carbocycles. The summed E-state index contributed by atoms with van der Waals surface area (Å²) in [6, 6.07) is 1.34. The Morgan fingerprint density at radius 3 is 2.50 bits per heavy atom. The molecule has 1 N–H and O–H groups in total. The summed E-state index contributed by atoms with van der Waals surface area (Å²) in [5, 5.41) is 9.71. The number of halogens is 5. The molecule has 1 unspecified atom stereocenters. The van der Waals surface area contributed by atoms with Crippen molar-refractivity contribution in [1.29, 1.82) is 0 Å². The van der Waals surface area contributed by atoms with Gasteiger partial charge in [0, 0.05) is 24.0 Å². The van der Waals surface area contributed by atoms with Crippen LogP contribution in [0.2, 0.25) is 0 Å². The van der Waals surface area contributed by atoms with Crippen LogP contribution in [0.3, 0.4) is 0 Å². The topological polar surface area (TPSA) is 80.7 Å². The molecule has 0 spiro atoms. The molecule has 0 saturated heterocycles. The number of ether oxygens (including phenoxy) is 1. The molecule has 0 saturated carbocycles. The number of hydrogen-bond donors (Lipinski definition) is 1. The summed E-state index contributed by atoms with van der Waals surface area (Å²) >= 11 is 0. The summed E-state index contributed by atoms with van der Waals surface area (Å²) in [5.41, 5.74) is -7.20. The fraction of sp³-hybridized carbons (Fsp3) is 0.533. The number of alkyl halides is 5. The number of rotatable bonds is 6. The van der Waals surface area contributed by atoms with Crippen LogP contribution in [0.25, 0.3) is 0 Å². The fourth-order valence-electron chi connectivity index (χ4n) is 2.65. The second kappa shape index (κ2) is 6.76. The molecule has 5 nitrogen and oxygen atoms in total. The van der Waals surface area contributed by atoms with E-state index in [0.29, 0.717) is 6.07 Å². The average Bonchev–Trinajstić information content (AvgIpc) is 2.73. The van der Waals surface area contributed by atoms with Crippen molar-refractivity contribution in [2.75, 3.05) is 6.61 Å². The van der Waals surface area contributed by atoms with E-state index in [-0.39, 0.29) is 31.0 Å². The Balaban J connectivity index is 2.47. The quantitative estimate of drug-likeness (QED) is 0.585. The van der Waals surface area contributed by atoms with Crippen LogP contribution in [0.15, 0.2) is 17.0 Å². The van der Waals surface area contributed by atoms with Gasteiger partial charge in [0.15, 0.2) is 0 Å². The van der Waals surface area contributed by atoms with E-state index in [0.717, 1.165) is 6.07 Å². The molecule has 1 aromatic carbocycles. The lowest BCUT2D eigenvalue weighted by molar-refractivity contribution is -0.117. The second-order valence-corrected chi connectivity index (χ2v) is 7.81. The minimum absolute atomic E-state index is 0.0843. The number of carbonyl (C=O) groups excluding carboxylic acids is 1. The van der Waals surface area contributed by atoms with Crippen molar-refractivity contribution in [3.8, 4) is 5.75 Å². The van der Waals surface area contributed by atoms with E-state index in [1.165, 1.54) is 6.92 Å². The molecule has 0 amide bonds. The Labute approximate surface area is 145 Å². The molecule has 146 valence electrons. The predicted molar refractivity (Wildman–Crippen MR) is 78.7 cm³/mol. The normalized spacial score (nSPS) is 19.3. The average molecular weight is 402 g/mol. The van der Waals surface area contributed by atoms with Gasteiger partial charge in [0.1, 0.15) is 17.6 Å². The Kier molecular flexibility index (Phi) is 5.35. The summed E-state index contributed by atoms with van der Waals surface area (Å²) in [6.07, 6.45) is -3.47. The number of aliphatic hydroxyl groups is 1. The number of benzene rings is 1. The SMILES string of the molecule is CC(=O)CCCOc1ccc(S(=O)(=O)C(F)(F)F)c2c1CC(F)(F)C2O. The molecule has 26 heavy (non-hydrogen) atoms. The van der Waals surface area contributed by atoms with Gasteiger partial charge in [-0.1, -0.05) is 0 Å². The van der Waals surface area contributed by atoms with Crippen molar-refractivity contribution in [3.63, 3.8) is 0 Å². The Hall–Kier alpha value is -1.75. The van der Waals surface area contributed by atoms with Crippen molar-refractivity contribution in [3.05, 3.63) is 23.3 Å².